The minimum atomic E-state index is -0.0904. The minimum Gasteiger partial charge on any atom is -0.383 e. The average Bonchev–Trinajstić information content (AvgIpc) is 2.21. The summed E-state index contributed by atoms with van der Waals surface area (Å²) in [5.74, 6) is 0.0729. The number of amides is 1. The zero-order valence-electron chi connectivity index (χ0n) is 12.2. The largest absolute Gasteiger partial charge is 0.383 e. The van der Waals surface area contributed by atoms with E-state index >= 15 is 0 Å². The van der Waals surface area contributed by atoms with Gasteiger partial charge in [0.05, 0.1) is 6.61 Å². The molecule has 0 heterocycles. The van der Waals surface area contributed by atoms with E-state index < -0.39 is 0 Å². The highest BCUT2D eigenvalue weighted by Gasteiger charge is 2.20. The van der Waals surface area contributed by atoms with Gasteiger partial charge in [-0.3, -0.25) is 4.79 Å². The third-order valence-corrected chi connectivity index (χ3v) is 2.58. The van der Waals surface area contributed by atoms with Crippen molar-refractivity contribution in [1.82, 2.24) is 4.90 Å². The lowest BCUT2D eigenvalue weighted by atomic mass is 9.87. The summed E-state index contributed by atoms with van der Waals surface area (Å²) in [4.78, 5) is 13.8. The van der Waals surface area contributed by atoms with Crippen molar-refractivity contribution in [2.45, 2.75) is 39.7 Å². The zero-order valence-corrected chi connectivity index (χ0v) is 12.2. The lowest BCUT2D eigenvalue weighted by molar-refractivity contribution is -0.131. The number of ether oxygens (including phenoxy) is 1. The van der Waals surface area contributed by atoms with Gasteiger partial charge in [-0.2, -0.15) is 0 Å². The molecule has 0 rings (SSSR count). The predicted molar refractivity (Wildman–Crippen MR) is 75.3 cm³/mol. The van der Waals surface area contributed by atoms with Gasteiger partial charge in [-0.25, -0.2) is 0 Å². The molecule has 18 heavy (non-hydrogen) atoms. The van der Waals surface area contributed by atoms with Gasteiger partial charge in [0, 0.05) is 32.7 Å². The molecule has 0 aromatic carbocycles. The van der Waals surface area contributed by atoms with E-state index in [1.54, 1.807) is 18.1 Å². The van der Waals surface area contributed by atoms with Crippen LogP contribution < -0.4 is 5.73 Å². The normalized spacial score (nSPS) is 13.2. The van der Waals surface area contributed by atoms with Crippen molar-refractivity contribution in [2.75, 3.05) is 26.8 Å². The van der Waals surface area contributed by atoms with Crippen molar-refractivity contribution < 1.29 is 9.53 Å². The molecule has 4 heteroatoms. The van der Waals surface area contributed by atoms with Gasteiger partial charge in [-0.05, 0) is 11.8 Å². The molecule has 0 saturated carbocycles. The van der Waals surface area contributed by atoms with Crippen LogP contribution >= 0.6 is 0 Å². The summed E-state index contributed by atoms with van der Waals surface area (Å²) in [6, 6.07) is -0.0904. The molecule has 0 saturated heterocycles. The van der Waals surface area contributed by atoms with Crippen molar-refractivity contribution in [3.8, 4) is 0 Å². The second-order valence-corrected chi connectivity index (χ2v) is 5.85. The molecule has 0 fully saturated rings. The molecule has 0 aliphatic heterocycles. The lowest BCUT2D eigenvalue weighted by Gasteiger charge is -2.26. The summed E-state index contributed by atoms with van der Waals surface area (Å²) in [6.07, 6.45) is 2.95. The van der Waals surface area contributed by atoms with Crippen LogP contribution in [0.25, 0.3) is 0 Å². The van der Waals surface area contributed by atoms with Crippen LogP contribution in [0, 0.1) is 5.41 Å². The molecule has 1 amide bonds. The molecule has 0 aromatic heterocycles. The van der Waals surface area contributed by atoms with Gasteiger partial charge in [-0.15, -0.1) is 6.58 Å². The van der Waals surface area contributed by atoms with Gasteiger partial charge in [-0.1, -0.05) is 26.8 Å². The van der Waals surface area contributed by atoms with Crippen LogP contribution in [0.15, 0.2) is 12.7 Å². The highest BCUT2D eigenvalue weighted by molar-refractivity contribution is 5.77. The molecule has 106 valence electrons. The lowest BCUT2D eigenvalue weighted by Crippen LogP contribution is -2.39. The fraction of sp³-hybridized carbons (Fsp3) is 0.786. The molecule has 0 radical (unpaired) electrons. The molecule has 1 atom stereocenters. The van der Waals surface area contributed by atoms with E-state index in [9.17, 15) is 4.79 Å². The molecular weight excluding hydrogens is 228 g/mol. The highest BCUT2D eigenvalue weighted by Crippen LogP contribution is 2.21. The number of nitrogens with zero attached hydrogens (tertiary/aromatic N) is 1. The first-order valence-electron chi connectivity index (χ1n) is 6.43. The van der Waals surface area contributed by atoms with Gasteiger partial charge in [0.1, 0.15) is 0 Å². The summed E-state index contributed by atoms with van der Waals surface area (Å²) in [5, 5.41) is 0. The first-order valence-corrected chi connectivity index (χ1v) is 6.43. The van der Waals surface area contributed by atoms with Gasteiger partial charge in [0.15, 0.2) is 0 Å². The Kier molecular flexibility index (Phi) is 7.87. The Hall–Kier alpha value is -0.870. The van der Waals surface area contributed by atoms with Crippen molar-refractivity contribution >= 4 is 5.91 Å². The Morgan fingerprint density at radius 3 is 2.56 bits per heavy atom. The van der Waals surface area contributed by atoms with Crippen molar-refractivity contribution in [3.05, 3.63) is 12.7 Å². The molecule has 0 bridgehead atoms. The maximum Gasteiger partial charge on any atom is 0.224 e. The van der Waals surface area contributed by atoms with E-state index in [2.05, 4.69) is 27.4 Å². The SMILES string of the molecule is C=CCN(CCOC)C(=O)CC(N)CC(C)(C)C. The fourth-order valence-corrected chi connectivity index (χ4v) is 1.89. The molecule has 2 N–H and O–H groups in total. The number of nitrogens with two attached hydrogens (primary N) is 1. The van der Waals surface area contributed by atoms with Gasteiger partial charge < -0.3 is 15.4 Å². The standard InChI is InChI=1S/C14H28N2O2/c1-6-7-16(8-9-18-5)13(17)10-12(15)11-14(2,3)4/h6,12H,1,7-11,15H2,2-5H3. The summed E-state index contributed by atoms with van der Waals surface area (Å²) in [5.41, 5.74) is 6.17. The second-order valence-electron chi connectivity index (χ2n) is 5.85. The van der Waals surface area contributed by atoms with Crippen LogP contribution in [0.3, 0.4) is 0 Å². The van der Waals surface area contributed by atoms with E-state index in [4.69, 9.17) is 10.5 Å². The number of rotatable bonds is 8. The topological polar surface area (TPSA) is 55.6 Å². The predicted octanol–water partition coefficient (Wildman–Crippen LogP) is 1.80. The first kappa shape index (κ1) is 17.1. The Morgan fingerprint density at radius 1 is 1.50 bits per heavy atom. The summed E-state index contributed by atoms with van der Waals surface area (Å²) >= 11 is 0. The molecule has 4 nitrogen and oxygen atoms in total. The Morgan fingerprint density at radius 2 is 2.11 bits per heavy atom. The van der Waals surface area contributed by atoms with Crippen molar-refractivity contribution in [1.29, 1.82) is 0 Å². The summed E-state index contributed by atoms with van der Waals surface area (Å²) in [7, 11) is 1.63. The summed E-state index contributed by atoms with van der Waals surface area (Å²) in [6.45, 7) is 11.7. The van der Waals surface area contributed by atoms with Crippen LogP contribution in [0.1, 0.15) is 33.6 Å². The number of methoxy groups -OCH3 is 1. The molecule has 0 aliphatic rings. The third kappa shape index (κ3) is 8.25. The number of carbonyl (C=O) groups is 1. The van der Waals surface area contributed by atoms with Gasteiger partial charge in [0.2, 0.25) is 5.91 Å². The van der Waals surface area contributed by atoms with Crippen LogP contribution in [0.4, 0.5) is 0 Å². The molecule has 0 aliphatic carbocycles. The van der Waals surface area contributed by atoms with E-state index in [0.717, 1.165) is 6.42 Å². The molecule has 0 spiro atoms. The van der Waals surface area contributed by atoms with Crippen LogP contribution in [0.2, 0.25) is 0 Å². The van der Waals surface area contributed by atoms with Crippen LogP contribution in [0.5, 0.6) is 0 Å². The fourth-order valence-electron chi connectivity index (χ4n) is 1.89. The second kappa shape index (κ2) is 8.27. The molecule has 0 aromatic rings. The zero-order chi connectivity index (χ0) is 14.2. The average molecular weight is 256 g/mol. The maximum atomic E-state index is 12.1. The van der Waals surface area contributed by atoms with Gasteiger partial charge in [0.25, 0.3) is 0 Å². The highest BCUT2D eigenvalue weighted by atomic mass is 16.5. The van der Waals surface area contributed by atoms with E-state index in [1.165, 1.54) is 0 Å². The smallest absolute Gasteiger partial charge is 0.224 e. The third-order valence-electron chi connectivity index (χ3n) is 2.58. The van der Waals surface area contributed by atoms with Crippen molar-refractivity contribution in [2.24, 2.45) is 11.1 Å². The molecule has 1 unspecified atom stereocenters. The Bertz CT molecular complexity index is 259. The monoisotopic (exact) mass is 256 g/mol. The minimum absolute atomic E-state index is 0.0729. The number of hydrogen-bond donors (Lipinski definition) is 1. The van der Waals surface area contributed by atoms with Crippen molar-refractivity contribution in [3.63, 3.8) is 0 Å². The van der Waals surface area contributed by atoms with E-state index in [-0.39, 0.29) is 17.4 Å². The maximum absolute atomic E-state index is 12.1. The Balaban J connectivity index is 4.27. The summed E-state index contributed by atoms with van der Waals surface area (Å²) < 4.78 is 4.99. The Labute approximate surface area is 111 Å². The molecular formula is C14H28N2O2. The quantitative estimate of drug-likeness (QED) is 0.674. The van der Waals surface area contributed by atoms with Gasteiger partial charge >= 0.3 is 0 Å². The van der Waals surface area contributed by atoms with Crippen LogP contribution in [-0.2, 0) is 9.53 Å². The first-order chi connectivity index (χ1) is 8.30. The van der Waals surface area contributed by atoms with E-state index in [1.807, 2.05) is 0 Å². The van der Waals surface area contributed by atoms with Crippen LogP contribution in [-0.4, -0.2) is 43.7 Å². The van der Waals surface area contributed by atoms with E-state index in [0.29, 0.717) is 26.1 Å². The number of carbonyl (C=O) groups excluding carboxylic acids is 1. The number of hydrogen-bond acceptors (Lipinski definition) is 3.